The Balaban J connectivity index is 2.18. The van der Waals surface area contributed by atoms with Crippen LogP contribution in [-0.2, 0) is 0 Å². The molecule has 0 radical (unpaired) electrons. The third-order valence-corrected chi connectivity index (χ3v) is 5.64. The maximum absolute atomic E-state index is 4.85. The summed E-state index contributed by atoms with van der Waals surface area (Å²) in [5.41, 5.74) is 1.18. The molecule has 0 spiro atoms. The van der Waals surface area contributed by atoms with Gasteiger partial charge >= 0.3 is 0 Å². The maximum atomic E-state index is 4.85. The second-order valence-corrected chi connectivity index (χ2v) is 7.12. The second kappa shape index (κ2) is 5.97. The Hall–Kier alpha value is -0.000000000000000111. The third kappa shape index (κ3) is 3.11. The highest BCUT2D eigenvalue weighted by Gasteiger charge is 2.32. The lowest BCUT2D eigenvalue weighted by Crippen LogP contribution is -2.24. The second-order valence-electron chi connectivity index (χ2n) is 4.39. The Morgan fingerprint density at radius 3 is 2.67 bits per heavy atom. The van der Waals surface area contributed by atoms with Gasteiger partial charge in [0, 0.05) is 14.7 Å². The number of aliphatic imine (C=N–C) groups is 1. The number of thioether (sulfide) groups is 1. The quantitative estimate of drug-likeness (QED) is 0.757. The smallest absolute Gasteiger partial charge is 0.161 e. The summed E-state index contributed by atoms with van der Waals surface area (Å²) in [6.07, 6.45) is 2.20. The lowest BCUT2D eigenvalue weighted by atomic mass is 9.97. The molecule has 1 N–H and O–H groups in total. The van der Waals surface area contributed by atoms with Gasteiger partial charge in [0.25, 0.3) is 0 Å². The molecule has 0 unspecified atom stereocenters. The van der Waals surface area contributed by atoms with Crippen molar-refractivity contribution in [3.63, 3.8) is 0 Å². The molecule has 1 heterocycles. The first-order valence-corrected chi connectivity index (χ1v) is 8.60. The van der Waals surface area contributed by atoms with Gasteiger partial charge in [-0.3, -0.25) is 4.99 Å². The zero-order valence-electron chi connectivity index (χ0n) is 10.5. The normalized spacial score (nSPS) is 17.7. The Kier molecular flexibility index (Phi) is 4.78. The van der Waals surface area contributed by atoms with E-state index in [2.05, 4.69) is 57.1 Å². The summed E-state index contributed by atoms with van der Waals surface area (Å²) in [5.74, 6) is 1.08. The number of nitrogens with zero attached hydrogens (tertiary/aromatic N) is 1. The largest absolute Gasteiger partial charge is 0.334 e. The van der Waals surface area contributed by atoms with Crippen LogP contribution in [0.5, 0.6) is 0 Å². The Morgan fingerprint density at radius 2 is 2.06 bits per heavy atom. The summed E-state index contributed by atoms with van der Waals surface area (Å²) in [6.45, 7) is 4.43. The molecule has 5 heteroatoms. The molecule has 0 aliphatic carbocycles. The standard InChI is InChI=1S/C13H16Br2N2S/c1-3-13(4-2)8-18-12(17-13)16-11-7-9(14)5-6-10(11)15/h5-7H,3-4,8H2,1-2H3,(H,16,17). The van der Waals surface area contributed by atoms with Crippen molar-refractivity contribution in [1.29, 1.82) is 0 Å². The van der Waals surface area contributed by atoms with E-state index in [4.69, 9.17) is 4.99 Å². The molecule has 1 aromatic rings. The van der Waals surface area contributed by atoms with Crippen LogP contribution in [0.2, 0.25) is 0 Å². The summed E-state index contributed by atoms with van der Waals surface area (Å²) >= 11 is 8.85. The van der Waals surface area contributed by atoms with Crippen LogP contribution in [0.25, 0.3) is 0 Å². The van der Waals surface area contributed by atoms with Gasteiger partial charge in [-0.25, -0.2) is 0 Å². The fourth-order valence-corrected chi connectivity index (χ4v) is 3.89. The van der Waals surface area contributed by atoms with Crippen molar-refractivity contribution in [2.24, 2.45) is 4.99 Å². The van der Waals surface area contributed by atoms with E-state index in [1.165, 1.54) is 0 Å². The third-order valence-electron chi connectivity index (χ3n) is 3.30. The Bertz CT molecular complexity index is 470. The first kappa shape index (κ1) is 14.4. The Morgan fingerprint density at radius 1 is 1.33 bits per heavy atom. The number of rotatable bonds is 3. The molecular weight excluding hydrogens is 376 g/mol. The predicted molar refractivity (Wildman–Crippen MR) is 88.7 cm³/mol. The van der Waals surface area contributed by atoms with Crippen LogP contribution in [0.3, 0.4) is 0 Å². The topological polar surface area (TPSA) is 24.4 Å². The zero-order valence-corrected chi connectivity index (χ0v) is 14.5. The van der Waals surface area contributed by atoms with Gasteiger partial charge in [-0.1, -0.05) is 41.5 Å². The lowest BCUT2D eigenvalue weighted by molar-refractivity contribution is 0.456. The highest BCUT2D eigenvalue weighted by Crippen LogP contribution is 2.35. The maximum Gasteiger partial charge on any atom is 0.161 e. The molecule has 0 amide bonds. The number of amidine groups is 1. The van der Waals surface area contributed by atoms with Crippen LogP contribution in [0, 0.1) is 0 Å². The molecule has 0 saturated heterocycles. The summed E-state index contributed by atoms with van der Waals surface area (Å²) in [4.78, 5) is 4.85. The molecule has 1 aromatic carbocycles. The minimum absolute atomic E-state index is 0.130. The van der Waals surface area contributed by atoms with Crippen molar-refractivity contribution in [3.05, 3.63) is 27.1 Å². The van der Waals surface area contributed by atoms with Gasteiger partial charge in [0.05, 0.1) is 11.2 Å². The van der Waals surface area contributed by atoms with Crippen molar-refractivity contribution in [2.75, 3.05) is 11.1 Å². The van der Waals surface area contributed by atoms with Gasteiger partial charge in [-0.15, -0.1) is 0 Å². The predicted octanol–water partition coefficient (Wildman–Crippen LogP) is 5.29. The van der Waals surface area contributed by atoms with E-state index in [9.17, 15) is 0 Å². The van der Waals surface area contributed by atoms with E-state index in [0.29, 0.717) is 0 Å². The molecule has 98 valence electrons. The monoisotopic (exact) mass is 390 g/mol. The number of hydrogen-bond donors (Lipinski definition) is 1. The van der Waals surface area contributed by atoms with Crippen molar-refractivity contribution in [2.45, 2.75) is 32.2 Å². The number of nitrogens with one attached hydrogen (secondary N) is 1. The highest BCUT2D eigenvalue weighted by atomic mass is 79.9. The van der Waals surface area contributed by atoms with Gasteiger partial charge < -0.3 is 5.32 Å². The molecule has 0 aromatic heterocycles. The number of benzene rings is 1. The molecule has 0 atom stereocenters. The molecule has 18 heavy (non-hydrogen) atoms. The van der Waals surface area contributed by atoms with E-state index >= 15 is 0 Å². The number of anilines is 1. The highest BCUT2D eigenvalue weighted by molar-refractivity contribution is 9.11. The van der Waals surface area contributed by atoms with E-state index < -0.39 is 0 Å². The average molecular weight is 392 g/mol. The molecule has 0 fully saturated rings. The van der Waals surface area contributed by atoms with Gasteiger partial charge in [0.2, 0.25) is 0 Å². The lowest BCUT2D eigenvalue weighted by Gasteiger charge is -2.20. The first-order chi connectivity index (χ1) is 8.58. The molecule has 0 bridgehead atoms. The van der Waals surface area contributed by atoms with E-state index in [0.717, 1.165) is 38.4 Å². The summed E-state index contributed by atoms with van der Waals surface area (Å²) in [7, 11) is 0. The molecule has 2 rings (SSSR count). The molecular formula is C13H16Br2N2S. The minimum Gasteiger partial charge on any atom is -0.334 e. The van der Waals surface area contributed by atoms with E-state index in [1.807, 2.05) is 23.9 Å². The number of halogens is 2. The molecule has 1 aliphatic rings. The van der Waals surface area contributed by atoms with Crippen LogP contribution < -0.4 is 5.32 Å². The average Bonchev–Trinajstić information content (AvgIpc) is 2.78. The summed E-state index contributed by atoms with van der Waals surface area (Å²) in [5, 5.41) is 4.43. The Labute approximate surface area is 129 Å². The van der Waals surface area contributed by atoms with E-state index in [-0.39, 0.29) is 5.54 Å². The molecule has 2 nitrogen and oxygen atoms in total. The molecule has 0 saturated carbocycles. The molecule has 1 aliphatic heterocycles. The van der Waals surface area contributed by atoms with Gasteiger partial charge in [-0.2, -0.15) is 0 Å². The van der Waals surface area contributed by atoms with Crippen LogP contribution in [0.4, 0.5) is 5.69 Å². The van der Waals surface area contributed by atoms with Gasteiger partial charge in [0.1, 0.15) is 0 Å². The van der Waals surface area contributed by atoms with Crippen molar-refractivity contribution >= 4 is 54.5 Å². The SMILES string of the molecule is CCC1(CC)CSC(Nc2cc(Br)ccc2Br)=N1. The fourth-order valence-electron chi connectivity index (χ4n) is 1.87. The van der Waals surface area contributed by atoms with Crippen molar-refractivity contribution < 1.29 is 0 Å². The van der Waals surface area contributed by atoms with E-state index in [1.54, 1.807) is 0 Å². The van der Waals surface area contributed by atoms with Crippen molar-refractivity contribution in [3.8, 4) is 0 Å². The summed E-state index contributed by atoms with van der Waals surface area (Å²) in [6, 6.07) is 6.10. The van der Waals surface area contributed by atoms with Crippen LogP contribution in [-0.4, -0.2) is 16.5 Å². The first-order valence-electron chi connectivity index (χ1n) is 6.03. The number of hydrogen-bond acceptors (Lipinski definition) is 3. The minimum atomic E-state index is 0.130. The van der Waals surface area contributed by atoms with Crippen LogP contribution in [0.15, 0.2) is 32.1 Å². The zero-order chi connectivity index (χ0) is 13.2. The summed E-state index contributed by atoms with van der Waals surface area (Å²) < 4.78 is 2.12. The van der Waals surface area contributed by atoms with Crippen molar-refractivity contribution in [1.82, 2.24) is 0 Å². The van der Waals surface area contributed by atoms with Gasteiger partial charge in [0.15, 0.2) is 5.17 Å². The van der Waals surface area contributed by atoms with Crippen LogP contribution >= 0.6 is 43.6 Å². The van der Waals surface area contributed by atoms with Gasteiger partial charge in [-0.05, 0) is 47.0 Å². The van der Waals surface area contributed by atoms with Crippen LogP contribution in [0.1, 0.15) is 26.7 Å². The fraction of sp³-hybridized carbons (Fsp3) is 0.462.